The highest BCUT2D eigenvalue weighted by Crippen LogP contribution is 2.34. The van der Waals surface area contributed by atoms with Crippen LogP contribution in [0.3, 0.4) is 0 Å². The van der Waals surface area contributed by atoms with Crippen LogP contribution in [0.4, 0.5) is 0 Å². The number of carbonyl (C=O) groups is 1. The summed E-state index contributed by atoms with van der Waals surface area (Å²) in [6.45, 7) is 2.20. The maximum absolute atomic E-state index is 12.7. The van der Waals surface area contributed by atoms with Crippen LogP contribution < -0.4 is 5.30 Å². The van der Waals surface area contributed by atoms with Crippen molar-refractivity contribution in [3.05, 3.63) is 77.9 Å². The lowest BCUT2D eigenvalue weighted by atomic mass is 10.0. The number of carbonyl (C=O) groups excluding carboxylic acids is 1. The molecular formula is C18H17N2OP. The highest BCUT2D eigenvalue weighted by Gasteiger charge is 2.21. The minimum Gasteiger partial charge on any atom is -0.289 e. The Morgan fingerprint density at radius 2 is 1.95 bits per heavy atom. The molecule has 0 saturated carbocycles. The first-order valence-electron chi connectivity index (χ1n) is 7.21. The Morgan fingerprint density at radius 3 is 2.77 bits per heavy atom. The minimum absolute atomic E-state index is 0.107. The molecule has 0 amide bonds. The molecule has 2 aromatic heterocycles. The summed E-state index contributed by atoms with van der Waals surface area (Å²) in [6, 6.07) is 5.81. The van der Waals surface area contributed by atoms with Crippen molar-refractivity contribution >= 4 is 19.0 Å². The molecule has 2 aromatic rings. The third-order valence-electron chi connectivity index (χ3n) is 3.70. The number of ketones is 1. The van der Waals surface area contributed by atoms with Crippen molar-refractivity contribution in [3.8, 4) is 0 Å². The topological polar surface area (TPSA) is 42.9 Å². The summed E-state index contributed by atoms with van der Waals surface area (Å²) >= 11 is 0. The van der Waals surface area contributed by atoms with Gasteiger partial charge in [0, 0.05) is 41.2 Å². The van der Waals surface area contributed by atoms with E-state index in [1.807, 2.05) is 36.5 Å². The van der Waals surface area contributed by atoms with E-state index in [-0.39, 0.29) is 13.7 Å². The second kappa shape index (κ2) is 6.76. The fraction of sp³-hybridized carbons (Fsp3) is 0.167. The van der Waals surface area contributed by atoms with Gasteiger partial charge in [-0.05, 0) is 43.0 Å². The van der Waals surface area contributed by atoms with Crippen molar-refractivity contribution in [2.24, 2.45) is 0 Å². The van der Waals surface area contributed by atoms with Gasteiger partial charge >= 0.3 is 0 Å². The second-order valence-electron chi connectivity index (χ2n) is 5.22. The fourth-order valence-electron chi connectivity index (χ4n) is 2.45. The fourth-order valence-corrected chi connectivity index (χ4v) is 3.97. The number of fused-ring (bicyclic) bond motifs is 1. The predicted molar refractivity (Wildman–Crippen MR) is 91.1 cm³/mol. The zero-order valence-electron chi connectivity index (χ0n) is 12.4. The number of Topliss-reactive ketones (excluding diaryl/α,β-unsaturated/α-hetero) is 1. The quantitative estimate of drug-likeness (QED) is 0.818. The van der Waals surface area contributed by atoms with Gasteiger partial charge in [0.05, 0.1) is 0 Å². The Morgan fingerprint density at radius 1 is 1.18 bits per heavy atom. The molecule has 110 valence electrons. The average molecular weight is 308 g/mol. The molecule has 0 radical (unpaired) electrons. The lowest BCUT2D eigenvalue weighted by Gasteiger charge is -2.10. The molecule has 3 nitrogen and oxygen atoms in total. The van der Waals surface area contributed by atoms with Crippen LogP contribution in [0.5, 0.6) is 0 Å². The van der Waals surface area contributed by atoms with Crippen LogP contribution in [-0.4, -0.2) is 28.6 Å². The van der Waals surface area contributed by atoms with Crippen LogP contribution in [0.2, 0.25) is 0 Å². The van der Waals surface area contributed by atoms with E-state index in [2.05, 4.69) is 22.7 Å². The van der Waals surface area contributed by atoms with Crippen molar-refractivity contribution in [3.63, 3.8) is 0 Å². The third-order valence-corrected chi connectivity index (χ3v) is 5.61. The molecule has 22 heavy (non-hydrogen) atoms. The van der Waals surface area contributed by atoms with Gasteiger partial charge in [-0.2, -0.15) is 0 Å². The van der Waals surface area contributed by atoms with E-state index >= 15 is 0 Å². The molecular weight excluding hydrogens is 291 g/mol. The van der Waals surface area contributed by atoms with Crippen LogP contribution in [-0.2, 0) is 6.42 Å². The van der Waals surface area contributed by atoms with E-state index < -0.39 is 0 Å². The van der Waals surface area contributed by atoms with Gasteiger partial charge in [0.15, 0.2) is 5.78 Å². The van der Waals surface area contributed by atoms with E-state index in [0.29, 0.717) is 0 Å². The van der Waals surface area contributed by atoms with Gasteiger partial charge in [-0.1, -0.05) is 26.1 Å². The number of rotatable bonds is 3. The Labute approximate surface area is 131 Å². The number of nitrogens with zero attached hydrogens (tertiary/aromatic N) is 2. The first kappa shape index (κ1) is 14.8. The SMILES string of the molecule is CP1CC=C(/C=C\Cc2ccncc2)C(=O)c2ccncc21. The van der Waals surface area contributed by atoms with E-state index in [4.69, 9.17) is 0 Å². The minimum atomic E-state index is -0.348. The van der Waals surface area contributed by atoms with Gasteiger partial charge in [-0.15, -0.1) is 0 Å². The number of hydrogen-bond donors (Lipinski definition) is 0. The van der Waals surface area contributed by atoms with E-state index in [1.54, 1.807) is 18.6 Å². The number of aromatic nitrogens is 2. The Hall–Kier alpha value is -2.12. The standard InChI is InChI=1S/C18H17N2OP/c1-22-12-8-15(4-2-3-14-5-9-19-10-6-14)18(21)16-7-11-20-13-17(16)22/h2,4-11,13H,3,12H2,1H3/b4-2-. The highest BCUT2D eigenvalue weighted by atomic mass is 31.1. The molecule has 4 heteroatoms. The molecule has 0 saturated heterocycles. The molecule has 1 aliphatic heterocycles. The molecule has 1 aliphatic rings. The maximum atomic E-state index is 12.7. The largest absolute Gasteiger partial charge is 0.289 e. The molecule has 0 aliphatic carbocycles. The number of hydrogen-bond acceptors (Lipinski definition) is 3. The first-order chi connectivity index (χ1) is 10.8. The molecule has 0 aromatic carbocycles. The maximum Gasteiger partial charge on any atom is 0.193 e. The molecule has 1 unspecified atom stereocenters. The van der Waals surface area contributed by atoms with Crippen LogP contribution in [0.1, 0.15) is 15.9 Å². The summed E-state index contributed by atoms with van der Waals surface area (Å²) in [5, 5.41) is 1.11. The van der Waals surface area contributed by atoms with Crippen LogP contribution in [0, 0.1) is 0 Å². The summed E-state index contributed by atoms with van der Waals surface area (Å²) in [7, 11) is -0.348. The van der Waals surface area contributed by atoms with Crippen molar-refractivity contribution in [1.82, 2.24) is 9.97 Å². The van der Waals surface area contributed by atoms with Gasteiger partial charge in [-0.25, -0.2) is 0 Å². The van der Waals surface area contributed by atoms with Gasteiger partial charge in [-0.3, -0.25) is 14.8 Å². The van der Waals surface area contributed by atoms with E-state index in [1.165, 1.54) is 5.56 Å². The van der Waals surface area contributed by atoms with Gasteiger partial charge in [0.2, 0.25) is 0 Å². The monoisotopic (exact) mass is 308 g/mol. The lowest BCUT2D eigenvalue weighted by molar-refractivity contribution is 0.103. The zero-order valence-corrected chi connectivity index (χ0v) is 13.3. The Balaban J connectivity index is 1.81. The Bertz CT molecular complexity index is 738. The van der Waals surface area contributed by atoms with Gasteiger partial charge in [0.25, 0.3) is 0 Å². The van der Waals surface area contributed by atoms with Crippen molar-refractivity contribution in [2.75, 3.05) is 12.8 Å². The smallest absolute Gasteiger partial charge is 0.193 e. The van der Waals surface area contributed by atoms with Gasteiger partial charge < -0.3 is 0 Å². The summed E-state index contributed by atoms with van der Waals surface area (Å²) in [4.78, 5) is 20.9. The van der Waals surface area contributed by atoms with Crippen LogP contribution >= 0.6 is 7.92 Å². The molecule has 3 rings (SSSR count). The Kier molecular flexibility index (Phi) is 4.55. The summed E-state index contributed by atoms with van der Waals surface area (Å²) < 4.78 is 0. The first-order valence-corrected chi connectivity index (χ1v) is 9.18. The zero-order chi connectivity index (χ0) is 15.4. The molecule has 0 fully saturated rings. The number of allylic oxidation sites excluding steroid dienone is 4. The molecule has 0 spiro atoms. The third kappa shape index (κ3) is 3.20. The summed E-state index contributed by atoms with van der Waals surface area (Å²) in [5.74, 6) is 0.107. The van der Waals surface area contributed by atoms with Crippen molar-refractivity contribution in [2.45, 2.75) is 6.42 Å². The summed E-state index contributed by atoms with van der Waals surface area (Å²) in [5.41, 5.74) is 2.78. The van der Waals surface area contributed by atoms with E-state index in [9.17, 15) is 4.79 Å². The molecule has 3 heterocycles. The normalized spacial score (nSPS) is 18.0. The van der Waals surface area contributed by atoms with Crippen molar-refractivity contribution < 1.29 is 4.79 Å². The number of pyridine rings is 2. The average Bonchev–Trinajstić information content (AvgIpc) is 2.68. The molecule has 0 bridgehead atoms. The van der Waals surface area contributed by atoms with Crippen LogP contribution in [0.25, 0.3) is 0 Å². The second-order valence-corrected chi connectivity index (χ2v) is 7.47. The molecule has 1 atom stereocenters. The summed E-state index contributed by atoms with van der Waals surface area (Å²) in [6.07, 6.45) is 14.9. The predicted octanol–water partition coefficient (Wildman–Crippen LogP) is 3.14. The highest BCUT2D eigenvalue weighted by molar-refractivity contribution is 7.65. The van der Waals surface area contributed by atoms with E-state index in [0.717, 1.165) is 29.0 Å². The van der Waals surface area contributed by atoms with Crippen LogP contribution in [0.15, 0.2) is 66.8 Å². The lowest BCUT2D eigenvalue weighted by Crippen LogP contribution is -2.13. The van der Waals surface area contributed by atoms with Crippen molar-refractivity contribution in [1.29, 1.82) is 0 Å². The molecule has 0 N–H and O–H groups in total. The van der Waals surface area contributed by atoms with Gasteiger partial charge in [0.1, 0.15) is 0 Å².